The largest absolute Gasteiger partial charge is 0.354 e. The Morgan fingerprint density at radius 3 is 1.48 bits per heavy atom. The Balaban J connectivity index is 1.67. The van der Waals surface area contributed by atoms with Crippen molar-refractivity contribution in [2.75, 3.05) is 0 Å². The fourth-order valence-corrected chi connectivity index (χ4v) is 5.66. The molecule has 0 saturated heterocycles. The summed E-state index contributed by atoms with van der Waals surface area (Å²) >= 11 is 13.2. The minimum absolute atomic E-state index is 0.0843. The van der Waals surface area contributed by atoms with E-state index in [-0.39, 0.29) is 5.03 Å². The highest BCUT2D eigenvalue weighted by molar-refractivity contribution is 6.40. The maximum absolute atomic E-state index is 11.6. The van der Waals surface area contributed by atoms with Crippen LogP contribution in [0.1, 0.15) is 28.3 Å². The van der Waals surface area contributed by atoms with Gasteiger partial charge >= 0.3 is 0 Å². The van der Waals surface area contributed by atoms with E-state index in [0.717, 1.165) is 61.3 Å². The molecule has 202 valence electrons. The normalized spacial score (nSPS) is 12.6. The molecule has 7 rings (SSSR count). The summed E-state index contributed by atoms with van der Waals surface area (Å²) in [6.45, 7) is 0. The third-order valence-corrected chi connectivity index (χ3v) is 7.84. The number of carbonyl (C=O) groups is 1. The number of carbonyl (C=O) groups excluding carboxylic acids is 1. The first kappa shape index (κ1) is 26.0. The fourth-order valence-electron chi connectivity index (χ4n) is 5.34. The standard InChI is InChI=1S/C35H22Cl2N4O/c36-23(20-42)19-24-25-11-13-27(38-25)33(21-7-3-1-4-8-21)29-15-17-31(40-29)35(37)32-18-16-30(41-32)34(22-9-5-2-6-10-22)28-14-12-26(24)39-28/h1-20,38-39H/b23-19-,25-24?,26-24?,33-27?,33-29?,34-28?,34-30?,35-31?,35-32?. The van der Waals surface area contributed by atoms with Gasteiger partial charge in [0.25, 0.3) is 0 Å². The van der Waals surface area contributed by atoms with E-state index in [9.17, 15) is 4.79 Å². The van der Waals surface area contributed by atoms with E-state index in [0.29, 0.717) is 22.7 Å². The molecule has 2 aliphatic rings. The molecule has 8 bridgehead atoms. The predicted octanol–water partition coefficient (Wildman–Crippen LogP) is 9.42. The van der Waals surface area contributed by atoms with Crippen LogP contribution in [-0.4, -0.2) is 26.2 Å². The molecule has 0 spiro atoms. The molecule has 0 atom stereocenters. The highest BCUT2D eigenvalue weighted by atomic mass is 35.5. The SMILES string of the molecule is O=C/C(Cl)=C/c1c2ccc([nH]2)c(-c2ccccc2)c2nc(c(Cl)c3nc(c(-c4ccccc4)c4ccc1[nH]4)C=C3)C=C2. The third kappa shape index (κ3) is 4.69. The molecule has 5 nitrogen and oxygen atoms in total. The van der Waals surface area contributed by atoms with Gasteiger partial charge in [-0.15, -0.1) is 0 Å². The maximum atomic E-state index is 11.6. The van der Waals surface area contributed by atoms with Gasteiger partial charge in [0.15, 0.2) is 6.29 Å². The van der Waals surface area contributed by atoms with Gasteiger partial charge in [0.2, 0.25) is 0 Å². The Morgan fingerprint density at radius 2 is 1.02 bits per heavy atom. The number of fused-ring (bicyclic) bond motifs is 8. The second-order valence-electron chi connectivity index (χ2n) is 9.86. The monoisotopic (exact) mass is 584 g/mol. The van der Waals surface area contributed by atoms with Gasteiger partial charge in [-0.25, -0.2) is 9.97 Å². The zero-order valence-corrected chi connectivity index (χ0v) is 23.6. The van der Waals surface area contributed by atoms with E-state index in [1.54, 1.807) is 6.08 Å². The van der Waals surface area contributed by atoms with Crippen LogP contribution < -0.4 is 0 Å². The van der Waals surface area contributed by atoms with Crippen molar-refractivity contribution in [1.29, 1.82) is 0 Å². The smallest absolute Gasteiger partial charge is 0.161 e. The molecule has 0 radical (unpaired) electrons. The maximum Gasteiger partial charge on any atom is 0.161 e. The van der Waals surface area contributed by atoms with Gasteiger partial charge in [-0.3, -0.25) is 4.79 Å². The quantitative estimate of drug-likeness (QED) is 0.160. The number of aromatic amines is 2. The molecule has 0 saturated carbocycles. The van der Waals surface area contributed by atoms with Crippen molar-refractivity contribution in [2.45, 2.75) is 0 Å². The zero-order chi connectivity index (χ0) is 28.6. The Bertz CT molecular complexity index is 1980. The van der Waals surface area contributed by atoms with Crippen molar-refractivity contribution in [3.8, 4) is 22.3 Å². The summed E-state index contributed by atoms with van der Waals surface area (Å²) in [5, 5.41) is 0.559. The summed E-state index contributed by atoms with van der Waals surface area (Å²) in [7, 11) is 0. The van der Waals surface area contributed by atoms with Crippen molar-refractivity contribution in [3.05, 3.63) is 123 Å². The van der Waals surface area contributed by atoms with Crippen molar-refractivity contribution < 1.29 is 4.79 Å². The van der Waals surface area contributed by atoms with Crippen molar-refractivity contribution in [3.63, 3.8) is 0 Å². The lowest BCUT2D eigenvalue weighted by molar-refractivity contribution is -0.104. The number of aromatic nitrogens is 4. The molecule has 0 aliphatic carbocycles. The molecule has 5 heterocycles. The summed E-state index contributed by atoms with van der Waals surface area (Å²) in [5.41, 5.74) is 10.6. The highest BCUT2D eigenvalue weighted by Gasteiger charge is 2.17. The second kappa shape index (κ2) is 10.8. The Hall–Kier alpha value is -4.97. The van der Waals surface area contributed by atoms with Crippen molar-refractivity contribution >= 4 is 81.9 Å². The fraction of sp³-hybridized carbons (Fsp3) is 0. The number of rotatable bonds is 4. The average Bonchev–Trinajstić information content (AvgIpc) is 3.85. The van der Waals surface area contributed by atoms with Gasteiger partial charge in [0, 0.05) is 38.8 Å². The number of aldehydes is 1. The predicted molar refractivity (Wildman–Crippen MR) is 175 cm³/mol. The van der Waals surface area contributed by atoms with Gasteiger partial charge in [0.1, 0.15) is 0 Å². The van der Waals surface area contributed by atoms with Crippen LogP contribution in [0, 0.1) is 0 Å². The number of nitrogens with one attached hydrogen (secondary N) is 2. The van der Waals surface area contributed by atoms with E-state index >= 15 is 0 Å². The molecule has 5 aromatic rings. The van der Waals surface area contributed by atoms with E-state index in [1.807, 2.05) is 109 Å². The number of hydrogen-bond acceptors (Lipinski definition) is 3. The second-order valence-corrected chi connectivity index (χ2v) is 10.7. The van der Waals surface area contributed by atoms with Crippen LogP contribution in [0.3, 0.4) is 0 Å². The Morgan fingerprint density at radius 1 is 0.595 bits per heavy atom. The van der Waals surface area contributed by atoms with Crippen LogP contribution in [0.5, 0.6) is 0 Å². The van der Waals surface area contributed by atoms with Crippen molar-refractivity contribution in [1.82, 2.24) is 19.9 Å². The number of benzene rings is 2. The molecule has 2 N–H and O–H groups in total. The van der Waals surface area contributed by atoms with Gasteiger partial charge in [-0.2, -0.15) is 0 Å². The molecular weight excluding hydrogens is 563 g/mol. The Labute approximate surface area is 251 Å². The summed E-state index contributed by atoms with van der Waals surface area (Å²) in [5.74, 6) is 0. The van der Waals surface area contributed by atoms with Crippen LogP contribution >= 0.6 is 23.2 Å². The average molecular weight is 585 g/mol. The lowest BCUT2D eigenvalue weighted by Crippen LogP contribution is -1.88. The third-order valence-electron chi connectivity index (χ3n) is 7.25. The molecule has 7 heteroatoms. The van der Waals surface area contributed by atoms with Gasteiger partial charge < -0.3 is 9.97 Å². The Kier molecular flexibility index (Phi) is 6.67. The highest BCUT2D eigenvalue weighted by Crippen LogP contribution is 2.35. The zero-order valence-electron chi connectivity index (χ0n) is 22.1. The minimum atomic E-state index is 0.0843. The molecule has 0 fully saturated rings. The number of H-pyrrole nitrogens is 2. The topological polar surface area (TPSA) is 74.4 Å². The van der Waals surface area contributed by atoms with Gasteiger partial charge in [0.05, 0.1) is 32.8 Å². The van der Waals surface area contributed by atoms with Crippen LogP contribution in [0.4, 0.5) is 0 Å². The molecule has 0 amide bonds. The van der Waals surface area contributed by atoms with E-state index in [2.05, 4.69) is 9.97 Å². The molecule has 3 aromatic heterocycles. The number of hydrogen-bond donors (Lipinski definition) is 2. The minimum Gasteiger partial charge on any atom is -0.354 e. The van der Waals surface area contributed by atoms with E-state index < -0.39 is 0 Å². The van der Waals surface area contributed by atoms with Crippen LogP contribution in [0.25, 0.3) is 74.7 Å². The lowest BCUT2D eigenvalue weighted by atomic mass is 10.0. The molecular formula is C35H22Cl2N4O. The van der Waals surface area contributed by atoms with Gasteiger partial charge in [-0.1, -0.05) is 83.9 Å². The lowest BCUT2D eigenvalue weighted by Gasteiger charge is -2.04. The first-order valence-corrected chi connectivity index (χ1v) is 14.1. The van der Waals surface area contributed by atoms with Crippen LogP contribution in [0.2, 0.25) is 5.02 Å². The molecule has 2 aromatic carbocycles. The van der Waals surface area contributed by atoms with Crippen LogP contribution in [-0.2, 0) is 4.79 Å². The van der Waals surface area contributed by atoms with Gasteiger partial charge in [-0.05, 0) is 65.8 Å². The molecule has 0 unspecified atom stereocenters. The van der Waals surface area contributed by atoms with Crippen molar-refractivity contribution in [2.24, 2.45) is 0 Å². The van der Waals surface area contributed by atoms with E-state index in [1.165, 1.54) is 0 Å². The number of allylic oxidation sites excluding steroid dienone is 1. The first-order valence-electron chi connectivity index (χ1n) is 13.3. The summed E-state index contributed by atoms with van der Waals surface area (Å²) < 4.78 is 0. The number of nitrogens with zero attached hydrogens (tertiary/aromatic N) is 2. The molecule has 42 heavy (non-hydrogen) atoms. The first-order chi connectivity index (χ1) is 20.6. The summed E-state index contributed by atoms with van der Waals surface area (Å²) in [6, 6.07) is 28.1. The summed E-state index contributed by atoms with van der Waals surface area (Å²) in [6.07, 6.45) is 10.1. The summed E-state index contributed by atoms with van der Waals surface area (Å²) in [4.78, 5) is 28.6. The number of halogens is 2. The van der Waals surface area contributed by atoms with Crippen LogP contribution in [0.15, 0.2) is 90.0 Å². The molecule has 2 aliphatic heterocycles. The van der Waals surface area contributed by atoms with E-state index in [4.69, 9.17) is 33.2 Å².